The van der Waals surface area contributed by atoms with Crippen molar-refractivity contribution >= 4 is 23.1 Å². The van der Waals surface area contributed by atoms with Gasteiger partial charge in [0.05, 0.1) is 0 Å². The van der Waals surface area contributed by atoms with E-state index >= 15 is 0 Å². The van der Waals surface area contributed by atoms with Gasteiger partial charge in [-0.3, -0.25) is 4.90 Å². The number of hydrogen-bond acceptors (Lipinski definition) is 4. The van der Waals surface area contributed by atoms with Gasteiger partial charge in [0.2, 0.25) is 0 Å². The van der Waals surface area contributed by atoms with Crippen molar-refractivity contribution in [3.63, 3.8) is 0 Å². The van der Waals surface area contributed by atoms with E-state index < -0.39 is 0 Å². The summed E-state index contributed by atoms with van der Waals surface area (Å²) in [5.74, 6) is 0. The number of urea groups is 1. The fourth-order valence-corrected chi connectivity index (χ4v) is 4.40. The first-order chi connectivity index (χ1) is 12.8. The number of carbonyl (C=O) groups is 1. The maximum atomic E-state index is 12.2. The lowest BCUT2D eigenvalue weighted by atomic mass is 10.1. The summed E-state index contributed by atoms with van der Waals surface area (Å²) >= 11 is 1.74. The molecule has 6 heteroatoms. The number of carbonyl (C=O) groups excluding carboxylic acids is 1. The van der Waals surface area contributed by atoms with Gasteiger partial charge < -0.3 is 15.1 Å². The molecule has 2 fully saturated rings. The van der Waals surface area contributed by atoms with Crippen molar-refractivity contribution in [2.24, 2.45) is 0 Å². The Morgan fingerprint density at radius 1 is 1.04 bits per heavy atom. The van der Waals surface area contributed by atoms with Gasteiger partial charge in [0, 0.05) is 62.4 Å². The topological polar surface area (TPSA) is 38.8 Å². The van der Waals surface area contributed by atoms with Crippen molar-refractivity contribution in [2.75, 3.05) is 50.7 Å². The minimum Gasteiger partial charge on any atom is -0.369 e. The van der Waals surface area contributed by atoms with Gasteiger partial charge in [0.25, 0.3) is 0 Å². The molecular weight excluding hydrogens is 344 g/mol. The van der Waals surface area contributed by atoms with Crippen LogP contribution < -0.4 is 10.2 Å². The van der Waals surface area contributed by atoms with Crippen molar-refractivity contribution in [3.05, 3.63) is 52.7 Å². The maximum absolute atomic E-state index is 12.2. The summed E-state index contributed by atoms with van der Waals surface area (Å²) in [5, 5.41) is 5.12. The van der Waals surface area contributed by atoms with E-state index in [2.05, 4.69) is 63.0 Å². The molecular formula is C20H26N4OS. The second-order valence-corrected chi connectivity index (χ2v) is 8.01. The van der Waals surface area contributed by atoms with Crippen LogP contribution in [0.25, 0.3) is 0 Å². The summed E-state index contributed by atoms with van der Waals surface area (Å²) in [7, 11) is 0. The molecule has 0 saturated carbocycles. The molecule has 2 saturated heterocycles. The first kappa shape index (κ1) is 17.4. The molecule has 0 atom stereocenters. The maximum Gasteiger partial charge on any atom is 0.317 e. The van der Waals surface area contributed by atoms with Crippen molar-refractivity contribution in [1.29, 1.82) is 0 Å². The van der Waals surface area contributed by atoms with Crippen molar-refractivity contribution in [1.82, 2.24) is 15.1 Å². The Morgan fingerprint density at radius 3 is 2.50 bits per heavy atom. The lowest BCUT2D eigenvalue weighted by molar-refractivity contribution is 0.0533. The third-order valence-electron chi connectivity index (χ3n) is 5.33. The highest BCUT2D eigenvalue weighted by molar-refractivity contribution is 7.09. The summed E-state index contributed by atoms with van der Waals surface area (Å²) in [6.07, 6.45) is 0.919. The zero-order valence-electron chi connectivity index (χ0n) is 15.0. The third-order valence-corrected chi connectivity index (χ3v) is 6.27. The van der Waals surface area contributed by atoms with E-state index in [1.807, 2.05) is 4.90 Å². The molecule has 1 aromatic heterocycles. The van der Waals surface area contributed by atoms with E-state index in [-0.39, 0.29) is 6.03 Å². The number of likely N-dealkylation sites (tertiary alicyclic amines) is 1. The van der Waals surface area contributed by atoms with E-state index in [4.69, 9.17) is 0 Å². The minimum atomic E-state index is 0.0840. The van der Waals surface area contributed by atoms with Gasteiger partial charge in [-0.15, -0.1) is 11.3 Å². The quantitative estimate of drug-likeness (QED) is 0.879. The average Bonchev–Trinajstić information content (AvgIpc) is 3.15. The predicted molar refractivity (Wildman–Crippen MR) is 107 cm³/mol. The van der Waals surface area contributed by atoms with E-state index in [1.165, 1.54) is 10.6 Å². The molecule has 3 heterocycles. The molecule has 4 rings (SSSR count). The summed E-state index contributed by atoms with van der Waals surface area (Å²) in [5.41, 5.74) is 1.31. The predicted octanol–water partition coefficient (Wildman–Crippen LogP) is 2.51. The molecule has 0 radical (unpaired) electrons. The average molecular weight is 371 g/mol. The number of anilines is 1. The highest BCUT2D eigenvalue weighted by Gasteiger charge is 2.35. The number of amides is 2. The lowest BCUT2D eigenvalue weighted by Crippen LogP contribution is -2.65. The van der Waals surface area contributed by atoms with Crippen LogP contribution >= 0.6 is 11.3 Å². The number of hydrogen-bond donors (Lipinski definition) is 1. The first-order valence-corrected chi connectivity index (χ1v) is 10.3. The van der Waals surface area contributed by atoms with Crippen molar-refractivity contribution < 1.29 is 4.79 Å². The van der Waals surface area contributed by atoms with Crippen LogP contribution in [0.2, 0.25) is 0 Å². The highest BCUT2D eigenvalue weighted by Crippen LogP contribution is 2.20. The molecule has 2 aliphatic heterocycles. The van der Waals surface area contributed by atoms with Crippen molar-refractivity contribution in [3.8, 4) is 0 Å². The molecule has 1 aromatic carbocycles. The van der Waals surface area contributed by atoms with Crippen LogP contribution in [0.3, 0.4) is 0 Å². The summed E-state index contributed by atoms with van der Waals surface area (Å²) < 4.78 is 0. The molecule has 2 aromatic rings. The van der Waals surface area contributed by atoms with Crippen LogP contribution in [0.15, 0.2) is 47.8 Å². The highest BCUT2D eigenvalue weighted by atomic mass is 32.1. The monoisotopic (exact) mass is 370 g/mol. The van der Waals surface area contributed by atoms with Crippen LogP contribution in [0.1, 0.15) is 4.88 Å². The largest absolute Gasteiger partial charge is 0.369 e. The van der Waals surface area contributed by atoms with Crippen LogP contribution in [0, 0.1) is 0 Å². The molecule has 0 aliphatic carbocycles. The molecule has 2 aliphatic rings. The van der Waals surface area contributed by atoms with Crippen molar-refractivity contribution in [2.45, 2.75) is 12.5 Å². The lowest BCUT2D eigenvalue weighted by Gasteiger charge is -2.48. The molecule has 2 amide bonds. The Hall–Kier alpha value is -2.05. The van der Waals surface area contributed by atoms with Gasteiger partial charge in [0.15, 0.2) is 0 Å². The molecule has 0 spiro atoms. The summed E-state index contributed by atoms with van der Waals surface area (Å²) in [6, 6.07) is 15.4. The van der Waals surface area contributed by atoms with E-state index in [0.717, 1.165) is 52.2 Å². The second-order valence-electron chi connectivity index (χ2n) is 6.98. The van der Waals surface area contributed by atoms with Crippen LogP contribution in [-0.2, 0) is 6.42 Å². The number of para-hydroxylation sites is 1. The Morgan fingerprint density at radius 2 is 1.81 bits per heavy atom. The number of nitrogens with zero attached hydrogens (tertiary/aromatic N) is 3. The van der Waals surface area contributed by atoms with Gasteiger partial charge in [0.1, 0.15) is 0 Å². The minimum absolute atomic E-state index is 0.0840. The normalized spacial score (nSPS) is 18.6. The zero-order valence-corrected chi connectivity index (χ0v) is 15.8. The number of benzene rings is 1. The van der Waals surface area contributed by atoms with Gasteiger partial charge in [-0.2, -0.15) is 0 Å². The number of piperazine rings is 1. The van der Waals surface area contributed by atoms with E-state index in [1.54, 1.807) is 11.3 Å². The zero-order chi connectivity index (χ0) is 17.8. The number of rotatable bonds is 5. The molecule has 26 heavy (non-hydrogen) atoms. The fourth-order valence-electron chi connectivity index (χ4n) is 3.70. The number of thiophene rings is 1. The van der Waals surface area contributed by atoms with Gasteiger partial charge in [-0.25, -0.2) is 4.79 Å². The smallest absolute Gasteiger partial charge is 0.317 e. The number of nitrogens with one attached hydrogen (secondary N) is 1. The molecule has 0 unspecified atom stereocenters. The van der Waals surface area contributed by atoms with Gasteiger partial charge >= 0.3 is 6.03 Å². The van der Waals surface area contributed by atoms with Gasteiger partial charge in [-0.1, -0.05) is 24.3 Å². The van der Waals surface area contributed by atoms with Gasteiger partial charge in [-0.05, 0) is 30.0 Å². The molecule has 1 N–H and O–H groups in total. The Labute approximate surface area is 159 Å². The summed E-state index contributed by atoms with van der Waals surface area (Å²) in [6.45, 7) is 6.71. The van der Waals surface area contributed by atoms with E-state index in [0.29, 0.717) is 6.04 Å². The van der Waals surface area contributed by atoms with Crippen LogP contribution in [-0.4, -0.2) is 67.7 Å². The van der Waals surface area contributed by atoms with E-state index in [9.17, 15) is 4.79 Å². The van der Waals surface area contributed by atoms with Crippen LogP contribution in [0.5, 0.6) is 0 Å². The first-order valence-electron chi connectivity index (χ1n) is 9.39. The van der Waals surface area contributed by atoms with Crippen LogP contribution in [0.4, 0.5) is 10.5 Å². The Balaban J connectivity index is 1.15. The Kier molecular flexibility index (Phi) is 5.41. The third kappa shape index (κ3) is 4.02. The fraction of sp³-hybridized carbons (Fsp3) is 0.450. The standard InChI is InChI=1S/C20H26N4OS/c25-20(21-9-8-19-7-4-14-26-19)24-15-18(16-24)23-12-10-22(11-13-23)17-5-2-1-3-6-17/h1-7,14,18H,8-13,15-16H2,(H,21,25). The summed E-state index contributed by atoms with van der Waals surface area (Å²) in [4.78, 5) is 20.5. The molecule has 138 valence electrons. The second kappa shape index (κ2) is 8.10. The molecule has 5 nitrogen and oxygen atoms in total. The molecule has 0 bridgehead atoms. The SMILES string of the molecule is O=C(NCCc1cccs1)N1CC(N2CCN(c3ccccc3)CC2)C1. The Bertz CT molecular complexity index is 692.